The Morgan fingerprint density at radius 1 is 1.37 bits per heavy atom. The minimum atomic E-state index is 0. The number of aryl methyl sites for hydroxylation is 1. The number of aliphatic hydroxyl groups excluding tert-OH is 1. The Kier molecular flexibility index (Phi) is 6.58. The van der Waals surface area contributed by atoms with Gasteiger partial charge in [-0.1, -0.05) is 6.07 Å². The average molecular weight is 287 g/mol. The van der Waals surface area contributed by atoms with Gasteiger partial charge in [-0.25, -0.2) is 0 Å². The Morgan fingerprint density at radius 3 is 2.58 bits per heavy atom. The van der Waals surface area contributed by atoms with Crippen LogP contribution in [0, 0.1) is 6.92 Å². The van der Waals surface area contributed by atoms with E-state index < -0.39 is 0 Å². The van der Waals surface area contributed by atoms with Crippen molar-refractivity contribution < 1.29 is 9.84 Å². The maximum atomic E-state index is 9.69. The molecule has 0 bridgehead atoms. The Balaban J connectivity index is 0.00000180. The predicted molar refractivity (Wildman–Crippen MR) is 79.2 cm³/mol. The molecule has 1 aliphatic heterocycles. The normalized spacial score (nSPS) is 17.6. The van der Waals surface area contributed by atoms with Crippen molar-refractivity contribution in [3.05, 3.63) is 29.3 Å². The Morgan fingerprint density at radius 2 is 2.05 bits per heavy atom. The molecular weight excluding hydrogens is 264 g/mol. The monoisotopic (exact) mass is 286 g/mol. The summed E-state index contributed by atoms with van der Waals surface area (Å²) in [5.74, 6) is 0.869. The molecule has 1 heterocycles. The molecule has 1 aliphatic rings. The first-order chi connectivity index (χ1) is 8.76. The van der Waals surface area contributed by atoms with Crippen molar-refractivity contribution in [1.82, 2.24) is 10.2 Å². The van der Waals surface area contributed by atoms with Crippen molar-refractivity contribution in [1.29, 1.82) is 0 Å². The van der Waals surface area contributed by atoms with Crippen molar-refractivity contribution in [2.75, 3.05) is 39.9 Å². The summed E-state index contributed by atoms with van der Waals surface area (Å²) in [6.07, 6.45) is 0. The highest BCUT2D eigenvalue weighted by Crippen LogP contribution is 2.26. The molecule has 0 aliphatic carbocycles. The van der Waals surface area contributed by atoms with E-state index in [1.165, 1.54) is 11.1 Å². The SMILES string of the molecule is COc1ccc([C@@H](CO)N2CCNCC2)c(C)c1.Cl. The number of methoxy groups -OCH3 is 1. The van der Waals surface area contributed by atoms with Crippen LogP contribution in [0.1, 0.15) is 17.2 Å². The molecular formula is C14H23ClN2O2. The van der Waals surface area contributed by atoms with Crippen LogP contribution >= 0.6 is 12.4 Å². The molecule has 1 fully saturated rings. The molecule has 0 saturated carbocycles. The van der Waals surface area contributed by atoms with Crippen molar-refractivity contribution >= 4 is 12.4 Å². The standard InChI is InChI=1S/C14H22N2O2.ClH/c1-11-9-12(18-2)3-4-13(11)14(10-17)16-7-5-15-6-8-16;/h3-4,9,14-15,17H,5-8,10H2,1-2H3;1H/t14-;/m1./s1. The van der Waals surface area contributed by atoms with Crippen molar-refractivity contribution in [2.45, 2.75) is 13.0 Å². The fraction of sp³-hybridized carbons (Fsp3) is 0.571. The molecule has 0 unspecified atom stereocenters. The van der Waals surface area contributed by atoms with E-state index in [0.717, 1.165) is 31.9 Å². The third-order valence-corrected chi connectivity index (χ3v) is 3.60. The second kappa shape index (κ2) is 7.70. The molecule has 1 atom stereocenters. The van der Waals surface area contributed by atoms with E-state index in [0.29, 0.717) is 0 Å². The molecule has 2 N–H and O–H groups in total. The average Bonchev–Trinajstić information content (AvgIpc) is 2.42. The minimum absolute atomic E-state index is 0. The van der Waals surface area contributed by atoms with Crippen LogP contribution in [0.3, 0.4) is 0 Å². The zero-order valence-corrected chi connectivity index (χ0v) is 12.4. The molecule has 1 saturated heterocycles. The maximum Gasteiger partial charge on any atom is 0.119 e. The molecule has 0 amide bonds. The summed E-state index contributed by atoms with van der Waals surface area (Å²) in [5, 5.41) is 13.0. The second-order valence-electron chi connectivity index (χ2n) is 4.71. The van der Waals surface area contributed by atoms with Crippen LogP contribution in [0.4, 0.5) is 0 Å². The molecule has 2 rings (SSSR count). The summed E-state index contributed by atoms with van der Waals surface area (Å²) in [7, 11) is 1.67. The topological polar surface area (TPSA) is 44.7 Å². The smallest absolute Gasteiger partial charge is 0.119 e. The van der Waals surface area contributed by atoms with E-state index in [-0.39, 0.29) is 25.1 Å². The van der Waals surface area contributed by atoms with Gasteiger partial charge < -0.3 is 15.2 Å². The highest BCUT2D eigenvalue weighted by Gasteiger charge is 2.22. The highest BCUT2D eigenvalue weighted by molar-refractivity contribution is 5.85. The van der Waals surface area contributed by atoms with E-state index >= 15 is 0 Å². The van der Waals surface area contributed by atoms with Gasteiger partial charge in [0.1, 0.15) is 5.75 Å². The fourth-order valence-electron chi connectivity index (χ4n) is 2.55. The lowest BCUT2D eigenvalue weighted by Gasteiger charge is -2.34. The number of piperazine rings is 1. The Hall–Kier alpha value is -0.810. The number of hydrogen-bond acceptors (Lipinski definition) is 4. The van der Waals surface area contributed by atoms with E-state index in [4.69, 9.17) is 4.74 Å². The quantitative estimate of drug-likeness (QED) is 0.877. The number of aliphatic hydroxyl groups is 1. The van der Waals surface area contributed by atoms with E-state index in [9.17, 15) is 5.11 Å². The van der Waals surface area contributed by atoms with Gasteiger partial charge >= 0.3 is 0 Å². The van der Waals surface area contributed by atoms with Crippen LogP contribution in [0.25, 0.3) is 0 Å². The minimum Gasteiger partial charge on any atom is -0.497 e. The molecule has 1 aromatic carbocycles. The van der Waals surface area contributed by atoms with Crippen LogP contribution in [0.15, 0.2) is 18.2 Å². The number of benzene rings is 1. The number of ether oxygens (including phenoxy) is 1. The van der Waals surface area contributed by atoms with Gasteiger partial charge in [-0.2, -0.15) is 0 Å². The zero-order chi connectivity index (χ0) is 13.0. The lowest BCUT2D eigenvalue weighted by atomic mass is 9.99. The summed E-state index contributed by atoms with van der Waals surface area (Å²) < 4.78 is 5.22. The van der Waals surface area contributed by atoms with Crippen molar-refractivity contribution in [3.63, 3.8) is 0 Å². The number of nitrogens with zero attached hydrogens (tertiary/aromatic N) is 1. The third-order valence-electron chi connectivity index (χ3n) is 3.60. The van der Waals surface area contributed by atoms with Gasteiger partial charge in [-0.3, -0.25) is 4.90 Å². The summed E-state index contributed by atoms with van der Waals surface area (Å²) in [4.78, 5) is 2.34. The summed E-state index contributed by atoms with van der Waals surface area (Å²) in [6.45, 7) is 6.18. The molecule has 0 spiro atoms. The van der Waals surface area contributed by atoms with Crippen LogP contribution in [0.5, 0.6) is 5.75 Å². The number of halogens is 1. The number of nitrogens with one attached hydrogen (secondary N) is 1. The predicted octanol–water partition coefficient (Wildman–Crippen LogP) is 1.36. The molecule has 0 aromatic heterocycles. The molecule has 108 valence electrons. The lowest BCUT2D eigenvalue weighted by Crippen LogP contribution is -2.46. The van der Waals surface area contributed by atoms with Crippen LogP contribution < -0.4 is 10.1 Å². The lowest BCUT2D eigenvalue weighted by molar-refractivity contribution is 0.110. The van der Waals surface area contributed by atoms with Crippen LogP contribution in [-0.4, -0.2) is 49.9 Å². The van der Waals surface area contributed by atoms with Crippen molar-refractivity contribution in [2.24, 2.45) is 0 Å². The molecule has 5 heteroatoms. The third kappa shape index (κ3) is 3.83. The summed E-state index contributed by atoms with van der Waals surface area (Å²) >= 11 is 0. The van der Waals surface area contributed by atoms with Gasteiger partial charge in [0.15, 0.2) is 0 Å². The van der Waals surface area contributed by atoms with Gasteiger partial charge in [0, 0.05) is 26.2 Å². The van der Waals surface area contributed by atoms with Crippen molar-refractivity contribution in [3.8, 4) is 5.75 Å². The van der Waals surface area contributed by atoms with Gasteiger partial charge in [-0.05, 0) is 30.2 Å². The van der Waals surface area contributed by atoms with Gasteiger partial charge in [0.25, 0.3) is 0 Å². The molecule has 0 radical (unpaired) electrons. The van der Waals surface area contributed by atoms with Crippen LogP contribution in [0.2, 0.25) is 0 Å². The first-order valence-electron chi connectivity index (χ1n) is 6.46. The molecule has 19 heavy (non-hydrogen) atoms. The molecule has 1 aromatic rings. The van der Waals surface area contributed by atoms with Gasteiger partial charge in [-0.15, -0.1) is 12.4 Å². The number of hydrogen-bond donors (Lipinski definition) is 2. The summed E-state index contributed by atoms with van der Waals surface area (Å²) in [5.41, 5.74) is 2.37. The highest BCUT2D eigenvalue weighted by atomic mass is 35.5. The second-order valence-corrected chi connectivity index (χ2v) is 4.71. The molecule has 4 nitrogen and oxygen atoms in total. The van der Waals surface area contributed by atoms with E-state index in [1.54, 1.807) is 7.11 Å². The van der Waals surface area contributed by atoms with Gasteiger partial charge in [0.2, 0.25) is 0 Å². The Labute approximate surface area is 121 Å². The number of rotatable bonds is 4. The first kappa shape index (κ1) is 16.2. The fourth-order valence-corrected chi connectivity index (χ4v) is 2.55. The first-order valence-corrected chi connectivity index (χ1v) is 6.46. The summed E-state index contributed by atoms with van der Waals surface area (Å²) in [6, 6.07) is 6.16. The maximum absolute atomic E-state index is 9.69. The van der Waals surface area contributed by atoms with Crippen LogP contribution in [-0.2, 0) is 0 Å². The van der Waals surface area contributed by atoms with E-state index in [2.05, 4.69) is 23.2 Å². The largest absolute Gasteiger partial charge is 0.497 e. The van der Waals surface area contributed by atoms with Gasteiger partial charge in [0.05, 0.1) is 19.8 Å². The van der Waals surface area contributed by atoms with E-state index in [1.807, 2.05) is 12.1 Å². The Bertz CT molecular complexity index is 395. The zero-order valence-electron chi connectivity index (χ0n) is 11.6.